The number of nitrogens with zero attached hydrogens (tertiary/aromatic N) is 2. The molecule has 2 aromatic carbocycles. The quantitative estimate of drug-likeness (QED) is 0.338. The largest absolute Gasteiger partial charge is 0.488 e. The van der Waals surface area contributed by atoms with E-state index in [2.05, 4.69) is 21.1 Å². The van der Waals surface area contributed by atoms with E-state index in [1.165, 1.54) is 13.0 Å². The molecule has 27 heavy (non-hydrogen) atoms. The molecule has 3 rings (SSSR count). The SMILES string of the molecule is Cc1noc(/C=C\c2cc(Br)ccc2OCc2ccccc2Cl)c1[N+](=O)[O-]. The third-order valence-corrected chi connectivity index (χ3v) is 4.63. The predicted octanol–water partition coefficient (Wildman–Crippen LogP) is 6.06. The molecule has 0 amide bonds. The van der Waals surface area contributed by atoms with Gasteiger partial charge >= 0.3 is 5.69 Å². The van der Waals surface area contributed by atoms with Crippen LogP contribution in [0.3, 0.4) is 0 Å². The monoisotopic (exact) mass is 448 g/mol. The molecule has 0 aliphatic rings. The van der Waals surface area contributed by atoms with Crippen LogP contribution in [0.1, 0.15) is 22.6 Å². The highest BCUT2D eigenvalue weighted by Gasteiger charge is 2.22. The van der Waals surface area contributed by atoms with Crippen molar-refractivity contribution in [2.45, 2.75) is 13.5 Å². The van der Waals surface area contributed by atoms with Crippen LogP contribution in [0, 0.1) is 17.0 Å². The number of nitro groups is 1. The van der Waals surface area contributed by atoms with Crippen LogP contribution in [0.5, 0.6) is 5.75 Å². The zero-order valence-electron chi connectivity index (χ0n) is 14.2. The van der Waals surface area contributed by atoms with Gasteiger partial charge in [-0.3, -0.25) is 10.1 Å². The molecular formula is C19H14BrClN2O4. The molecule has 0 fully saturated rings. The first-order chi connectivity index (χ1) is 13.0. The average molecular weight is 450 g/mol. The molecule has 0 saturated carbocycles. The molecule has 3 aromatic rings. The highest BCUT2D eigenvalue weighted by molar-refractivity contribution is 9.10. The van der Waals surface area contributed by atoms with Crippen LogP contribution in [0.4, 0.5) is 5.69 Å². The first-order valence-corrected chi connectivity index (χ1v) is 9.07. The molecule has 8 heteroatoms. The van der Waals surface area contributed by atoms with Gasteiger partial charge in [-0.05, 0) is 43.3 Å². The zero-order valence-corrected chi connectivity index (χ0v) is 16.5. The number of hydrogen-bond acceptors (Lipinski definition) is 5. The van der Waals surface area contributed by atoms with E-state index in [1.807, 2.05) is 30.3 Å². The summed E-state index contributed by atoms with van der Waals surface area (Å²) in [4.78, 5) is 10.6. The lowest BCUT2D eigenvalue weighted by atomic mass is 10.1. The normalized spacial score (nSPS) is 11.1. The van der Waals surface area contributed by atoms with E-state index in [1.54, 1.807) is 18.2 Å². The van der Waals surface area contributed by atoms with Gasteiger partial charge in [0, 0.05) is 20.6 Å². The van der Waals surface area contributed by atoms with Crippen LogP contribution in [-0.4, -0.2) is 10.1 Å². The topological polar surface area (TPSA) is 78.4 Å². The Kier molecular flexibility index (Phi) is 5.93. The number of benzene rings is 2. The molecule has 6 nitrogen and oxygen atoms in total. The summed E-state index contributed by atoms with van der Waals surface area (Å²) in [7, 11) is 0. The Morgan fingerprint density at radius 2 is 2.07 bits per heavy atom. The minimum Gasteiger partial charge on any atom is -0.488 e. The number of ether oxygens (including phenoxy) is 1. The first kappa shape index (κ1) is 19.1. The molecule has 0 radical (unpaired) electrons. The molecule has 0 aliphatic heterocycles. The molecule has 0 unspecified atom stereocenters. The first-order valence-electron chi connectivity index (χ1n) is 7.90. The smallest absolute Gasteiger partial charge is 0.338 e. The molecule has 0 bridgehead atoms. The second kappa shape index (κ2) is 8.37. The standard InChI is InChI=1S/C19H14BrClN2O4/c1-12-19(23(24)25)18(27-22-12)8-6-13-10-15(20)7-9-17(13)26-11-14-4-2-3-5-16(14)21/h2-10H,11H2,1H3/b8-6-. The number of rotatable bonds is 6. The van der Waals surface area contributed by atoms with E-state index < -0.39 is 4.92 Å². The van der Waals surface area contributed by atoms with Crippen molar-refractivity contribution in [3.63, 3.8) is 0 Å². The Balaban J connectivity index is 1.86. The van der Waals surface area contributed by atoms with Gasteiger partial charge in [0.05, 0.1) is 4.92 Å². The van der Waals surface area contributed by atoms with E-state index in [-0.39, 0.29) is 17.1 Å². The van der Waals surface area contributed by atoms with Crippen molar-refractivity contribution in [1.82, 2.24) is 5.16 Å². The number of aromatic nitrogens is 1. The molecule has 0 N–H and O–H groups in total. The lowest BCUT2D eigenvalue weighted by Gasteiger charge is -2.11. The van der Waals surface area contributed by atoms with Crippen molar-refractivity contribution in [2.24, 2.45) is 0 Å². The lowest BCUT2D eigenvalue weighted by molar-refractivity contribution is -0.386. The molecule has 0 spiro atoms. The number of hydrogen-bond donors (Lipinski definition) is 0. The highest BCUT2D eigenvalue weighted by Crippen LogP contribution is 2.29. The summed E-state index contributed by atoms with van der Waals surface area (Å²) < 4.78 is 11.8. The molecule has 0 atom stereocenters. The van der Waals surface area contributed by atoms with Crippen molar-refractivity contribution >= 4 is 45.4 Å². The Morgan fingerprint density at radius 3 is 2.81 bits per heavy atom. The van der Waals surface area contributed by atoms with Gasteiger partial charge in [0.1, 0.15) is 12.4 Å². The third-order valence-electron chi connectivity index (χ3n) is 3.77. The number of halogens is 2. The van der Waals surface area contributed by atoms with E-state index in [9.17, 15) is 10.1 Å². The van der Waals surface area contributed by atoms with Crippen LogP contribution in [-0.2, 0) is 6.61 Å². The van der Waals surface area contributed by atoms with Gasteiger partial charge in [-0.15, -0.1) is 0 Å². The minimum atomic E-state index is -0.513. The number of aryl methyl sites for hydroxylation is 1. The zero-order chi connectivity index (χ0) is 19.4. The fraction of sp³-hybridized carbons (Fsp3) is 0.105. The van der Waals surface area contributed by atoms with Gasteiger partial charge in [0.25, 0.3) is 0 Å². The fourth-order valence-electron chi connectivity index (χ4n) is 2.43. The van der Waals surface area contributed by atoms with Gasteiger partial charge < -0.3 is 9.26 Å². The molecular weight excluding hydrogens is 436 g/mol. The van der Waals surface area contributed by atoms with Crippen molar-refractivity contribution in [3.05, 3.63) is 84.7 Å². The summed E-state index contributed by atoms with van der Waals surface area (Å²) >= 11 is 9.58. The van der Waals surface area contributed by atoms with Gasteiger partial charge in [-0.25, -0.2) is 0 Å². The summed E-state index contributed by atoms with van der Waals surface area (Å²) in [6.45, 7) is 1.82. The van der Waals surface area contributed by atoms with Crippen molar-refractivity contribution in [1.29, 1.82) is 0 Å². The fourth-order valence-corrected chi connectivity index (χ4v) is 3.00. The van der Waals surface area contributed by atoms with E-state index in [0.717, 1.165) is 15.6 Å². The predicted molar refractivity (Wildman–Crippen MR) is 107 cm³/mol. The molecule has 138 valence electrons. The lowest BCUT2D eigenvalue weighted by Crippen LogP contribution is -1.97. The van der Waals surface area contributed by atoms with Crippen LogP contribution in [0.25, 0.3) is 12.2 Å². The van der Waals surface area contributed by atoms with E-state index in [0.29, 0.717) is 17.4 Å². The van der Waals surface area contributed by atoms with Crippen LogP contribution >= 0.6 is 27.5 Å². The van der Waals surface area contributed by atoms with Crippen LogP contribution < -0.4 is 4.74 Å². The van der Waals surface area contributed by atoms with E-state index >= 15 is 0 Å². The van der Waals surface area contributed by atoms with Crippen molar-refractivity contribution < 1.29 is 14.2 Å². The second-order valence-corrected chi connectivity index (χ2v) is 6.96. The average Bonchev–Trinajstić information content (AvgIpc) is 3.01. The molecule has 0 saturated heterocycles. The van der Waals surface area contributed by atoms with Crippen LogP contribution in [0.2, 0.25) is 5.02 Å². The van der Waals surface area contributed by atoms with Crippen molar-refractivity contribution in [2.75, 3.05) is 0 Å². The third kappa shape index (κ3) is 4.56. The summed E-state index contributed by atoms with van der Waals surface area (Å²) in [6.07, 6.45) is 3.18. The van der Waals surface area contributed by atoms with Crippen molar-refractivity contribution in [3.8, 4) is 5.75 Å². The summed E-state index contributed by atoms with van der Waals surface area (Å²) in [5, 5.41) is 15.4. The highest BCUT2D eigenvalue weighted by atomic mass is 79.9. The van der Waals surface area contributed by atoms with Gasteiger partial charge in [-0.1, -0.05) is 50.9 Å². The Morgan fingerprint density at radius 1 is 1.30 bits per heavy atom. The Labute approximate surface area is 168 Å². The molecule has 1 aromatic heterocycles. The Bertz CT molecular complexity index is 1020. The maximum atomic E-state index is 11.2. The molecule has 1 heterocycles. The minimum absolute atomic E-state index is 0.0783. The molecule has 0 aliphatic carbocycles. The van der Waals surface area contributed by atoms with Gasteiger partial charge in [0.2, 0.25) is 5.76 Å². The Hall–Kier alpha value is -2.64. The second-order valence-electron chi connectivity index (χ2n) is 5.63. The van der Waals surface area contributed by atoms with Gasteiger partial charge in [0.15, 0.2) is 5.69 Å². The maximum absolute atomic E-state index is 11.2. The summed E-state index contributed by atoms with van der Waals surface area (Å²) in [5.74, 6) is 0.683. The van der Waals surface area contributed by atoms with Crippen LogP contribution in [0.15, 0.2) is 51.5 Å². The van der Waals surface area contributed by atoms with Gasteiger partial charge in [-0.2, -0.15) is 0 Å². The summed E-state index contributed by atoms with van der Waals surface area (Å²) in [6, 6.07) is 12.9. The maximum Gasteiger partial charge on any atom is 0.338 e. The van der Waals surface area contributed by atoms with E-state index in [4.69, 9.17) is 20.9 Å². The summed E-state index contributed by atoms with van der Waals surface area (Å²) in [5.41, 5.74) is 1.65.